The Morgan fingerprint density at radius 3 is 2.14 bits per heavy atom. The number of rotatable bonds is 8. The van der Waals surface area contributed by atoms with Crippen LogP contribution in [0.5, 0.6) is 0 Å². The molecule has 6 heteroatoms. The van der Waals surface area contributed by atoms with Crippen LogP contribution in [0.4, 0.5) is 0 Å². The number of nitrogens with zero attached hydrogens (tertiary/aromatic N) is 3. The number of halogens is 2. The van der Waals surface area contributed by atoms with Gasteiger partial charge in [-0.05, 0) is 48.4 Å². The van der Waals surface area contributed by atoms with Crippen molar-refractivity contribution >= 4 is 34.1 Å². The quantitative estimate of drug-likeness (QED) is 0.305. The van der Waals surface area contributed by atoms with E-state index >= 15 is 0 Å². The molecule has 4 aromatic rings. The third-order valence-electron chi connectivity index (χ3n) is 6.95. The van der Waals surface area contributed by atoms with Crippen LogP contribution < -0.4 is 5.73 Å². The van der Waals surface area contributed by atoms with Crippen LogP contribution in [-0.2, 0) is 19.6 Å². The van der Waals surface area contributed by atoms with Gasteiger partial charge < -0.3 is 10.3 Å². The molecule has 1 aromatic heterocycles. The first-order chi connectivity index (χ1) is 17.1. The number of aromatic nitrogens is 1. The molecule has 5 rings (SSSR count). The maximum Gasteiger partial charge on any atom is 0.0486 e. The molecule has 3 aromatic carbocycles. The second-order valence-corrected chi connectivity index (χ2v) is 10.2. The van der Waals surface area contributed by atoms with E-state index in [9.17, 15) is 0 Å². The first kappa shape index (κ1) is 24.4. The summed E-state index contributed by atoms with van der Waals surface area (Å²) in [7, 11) is 0. The van der Waals surface area contributed by atoms with Crippen molar-refractivity contribution in [1.82, 2.24) is 14.4 Å². The molecule has 0 atom stereocenters. The van der Waals surface area contributed by atoms with Crippen molar-refractivity contribution in [2.45, 2.75) is 26.1 Å². The van der Waals surface area contributed by atoms with E-state index in [4.69, 9.17) is 28.9 Å². The molecule has 0 spiro atoms. The van der Waals surface area contributed by atoms with Gasteiger partial charge in [0.05, 0.1) is 0 Å². The van der Waals surface area contributed by atoms with Gasteiger partial charge in [-0.1, -0.05) is 65.7 Å². The molecular weight excluding hydrogens is 475 g/mol. The van der Waals surface area contributed by atoms with Gasteiger partial charge >= 0.3 is 0 Å². The number of nitrogens with two attached hydrogens (primary N) is 1. The molecule has 182 valence electrons. The Morgan fingerprint density at radius 1 is 0.771 bits per heavy atom. The summed E-state index contributed by atoms with van der Waals surface area (Å²) >= 11 is 12.8. The zero-order chi connectivity index (χ0) is 24.2. The Kier molecular flexibility index (Phi) is 7.76. The molecule has 2 N–H and O–H groups in total. The standard InChI is InChI=1S/C29H32Cl2N4/c30-27-8-4-9-28(31)26(27)20-34-16-14-33(15-17-34)19-22-10-11-29-24(18-22)25(21-35(29)13-5-12-32)23-6-2-1-3-7-23/h1-4,6-11,18,21H,5,12-17,19-20,32H2. The van der Waals surface area contributed by atoms with E-state index in [-0.39, 0.29) is 0 Å². The maximum atomic E-state index is 6.39. The molecule has 4 nitrogen and oxygen atoms in total. The molecule has 1 fully saturated rings. The number of aryl methyl sites for hydroxylation is 1. The van der Waals surface area contributed by atoms with Crippen molar-refractivity contribution in [3.63, 3.8) is 0 Å². The zero-order valence-corrected chi connectivity index (χ0v) is 21.5. The van der Waals surface area contributed by atoms with Gasteiger partial charge in [0.2, 0.25) is 0 Å². The smallest absolute Gasteiger partial charge is 0.0486 e. The van der Waals surface area contributed by atoms with Gasteiger partial charge in [0.1, 0.15) is 0 Å². The molecule has 0 bridgehead atoms. The monoisotopic (exact) mass is 506 g/mol. The third kappa shape index (κ3) is 5.58. The molecule has 35 heavy (non-hydrogen) atoms. The van der Waals surface area contributed by atoms with Crippen molar-refractivity contribution in [3.05, 3.63) is 94.1 Å². The number of benzene rings is 3. The lowest BCUT2D eigenvalue weighted by atomic mass is 10.0. The fourth-order valence-electron chi connectivity index (χ4n) is 5.01. The lowest BCUT2D eigenvalue weighted by Gasteiger charge is -2.35. The van der Waals surface area contributed by atoms with E-state index in [2.05, 4.69) is 69.1 Å². The van der Waals surface area contributed by atoms with Gasteiger partial charge in [-0.15, -0.1) is 0 Å². The SMILES string of the molecule is NCCCn1cc(-c2ccccc2)c2cc(CN3CCN(Cc4c(Cl)cccc4Cl)CC3)ccc21. The summed E-state index contributed by atoms with van der Waals surface area (Å²) in [5.41, 5.74) is 12.0. The topological polar surface area (TPSA) is 37.4 Å². The molecule has 0 aliphatic carbocycles. The van der Waals surface area contributed by atoms with Crippen LogP contribution in [0.15, 0.2) is 72.9 Å². The molecule has 2 heterocycles. The first-order valence-corrected chi connectivity index (χ1v) is 13.1. The molecule has 0 unspecified atom stereocenters. The molecule has 0 amide bonds. The summed E-state index contributed by atoms with van der Waals surface area (Å²) in [6, 6.07) is 23.4. The first-order valence-electron chi connectivity index (χ1n) is 12.4. The van der Waals surface area contributed by atoms with Crippen LogP contribution >= 0.6 is 23.2 Å². The lowest BCUT2D eigenvalue weighted by molar-refractivity contribution is 0.122. The third-order valence-corrected chi connectivity index (χ3v) is 7.66. The summed E-state index contributed by atoms with van der Waals surface area (Å²) in [6.07, 6.45) is 3.27. The number of hydrogen-bond donors (Lipinski definition) is 1. The van der Waals surface area contributed by atoms with Crippen molar-refractivity contribution in [2.24, 2.45) is 5.73 Å². The molecule has 1 saturated heterocycles. The minimum atomic E-state index is 0.701. The molecule has 0 saturated carbocycles. The Balaban J connectivity index is 1.30. The van der Waals surface area contributed by atoms with Gasteiger partial charge in [0.15, 0.2) is 0 Å². The molecule has 1 aliphatic rings. The number of piperazine rings is 1. The predicted octanol–water partition coefficient (Wildman–Crippen LogP) is 6.28. The van der Waals surface area contributed by atoms with Crippen LogP contribution in [0.1, 0.15) is 17.5 Å². The highest BCUT2D eigenvalue weighted by Gasteiger charge is 2.20. The highest BCUT2D eigenvalue weighted by Crippen LogP contribution is 2.32. The van der Waals surface area contributed by atoms with Gasteiger partial charge in [0, 0.05) is 84.1 Å². The van der Waals surface area contributed by atoms with Crippen LogP contribution in [0.25, 0.3) is 22.0 Å². The van der Waals surface area contributed by atoms with E-state index in [0.717, 1.165) is 67.8 Å². The van der Waals surface area contributed by atoms with E-state index in [1.54, 1.807) is 0 Å². The van der Waals surface area contributed by atoms with Crippen molar-refractivity contribution in [1.29, 1.82) is 0 Å². The summed E-state index contributed by atoms with van der Waals surface area (Å²) in [6.45, 7) is 7.48. The van der Waals surface area contributed by atoms with E-state index in [1.807, 2.05) is 18.2 Å². The Bertz CT molecular complexity index is 1260. The normalized spacial score (nSPS) is 15.2. The summed E-state index contributed by atoms with van der Waals surface area (Å²) in [5, 5.41) is 2.82. The number of hydrogen-bond acceptors (Lipinski definition) is 3. The fourth-order valence-corrected chi connectivity index (χ4v) is 5.52. The molecule has 0 radical (unpaired) electrons. The number of fused-ring (bicyclic) bond motifs is 1. The minimum absolute atomic E-state index is 0.701. The van der Waals surface area contributed by atoms with Gasteiger partial charge in [0.25, 0.3) is 0 Å². The van der Waals surface area contributed by atoms with E-state index in [1.165, 1.54) is 27.6 Å². The van der Waals surface area contributed by atoms with Crippen molar-refractivity contribution in [3.8, 4) is 11.1 Å². The minimum Gasteiger partial charge on any atom is -0.347 e. The van der Waals surface area contributed by atoms with Crippen molar-refractivity contribution < 1.29 is 0 Å². The second-order valence-electron chi connectivity index (χ2n) is 9.35. The average molecular weight is 508 g/mol. The van der Waals surface area contributed by atoms with Crippen LogP contribution in [0.2, 0.25) is 10.0 Å². The van der Waals surface area contributed by atoms with Crippen molar-refractivity contribution in [2.75, 3.05) is 32.7 Å². The van der Waals surface area contributed by atoms with Gasteiger partial charge in [-0.25, -0.2) is 0 Å². The van der Waals surface area contributed by atoms with Crippen LogP contribution in [0.3, 0.4) is 0 Å². The summed E-state index contributed by atoms with van der Waals surface area (Å²) < 4.78 is 2.35. The zero-order valence-electron chi connectivity index (χ0n) is 20.0. The van der Waals surface area contributed by atoms with Gasteiger partial charge in [-0.2, -0.15) is 0 Å². The second kappa shape index (κ2) is 11.2. The fraction of sp³-hybridized carbons (Fsp3) is 0.310. The van der Waals surface area contributed by atoms with Crippen LogP contribution in [0, 0.1) is 0 Å². The maximum absolute atomic E-state index is 6.39. The summed E-state index contributed by atoms with van der Waals surface area (Å²) in [5.74, 6) is 0. The van der Waals surface area contributed by atoms with E-state index in [0.29, 0.717) is 6.54 Å². The Hall–Kier alpha value is -2.34. The van der Waals surface area contributed by atoms with Crippen LogP contribution in [-0.4, -0.2) is 47.1 Å². The highest BCUT2D eigenvalue weighted by molar-refractivity contribution is 6.35. The average Bonchev–Trinajstić information content (AvgIpc) is 3.24. The predicted molar refractivity (Wildman–Crippen MR) is 148 cm³/mol. The Morgan fingerprint density at radius 2 is 1.46 bits per heavy atom. The molecular formula is C29H32Cl2N4. The molecule has 1 aliphatic heterocycles. The van der Waals surface area contributed by atoms with E-state index < -0.39 is 0 Å². The van der Waals surface area contributed by atoms with Gasteiger partial charge in [-0.3, -0.25) is 9.80 Å². The summed E-state index contributed by atoms with van der Waals surface area (Å²) in [4.78, 5) is 4.98. The highest BCUT2D eigenvalue weighted by atomic mass is 35.5. The lowest BCUT2D eigenvalue weighted by Crippen LogP contribution is -2.45. The largest absolute Gasteiger partial charge is 0.347 e. The Labute approximate surface area is 217 Å².